The standard InChI is InChI=1S/C14H13ClN2O4S2/c15-11-2-1-10(23-11)13-16-8(7-22-13)5-12(18)17-3-4-21-9(6-17)14(19)20/h1-2,7,9H,3-6H2,(H,19,20)/t9-/m0/s1. The van der Waals surface area contributed by atoms with Crippen LogP contribution in [0.25, 0.3) is 9.88 Å². The summed E-state index contributed by atoms with van der Waals surface area (Å²) in [6, 6.07) is 3.71. The van der Waals surface area contributed by atoms with Gasteiger partial charge in [0.25, 0.3) is 0 Å². The van der Waals surface area contributed by atoms with E-state index >= 15 is 0 Å². The number of carboxylic acid groups (broad SMARTS) is 1. The first kappa shape index (κ1) is 16.4. The van der Waals surface area contributed by atoms with Gasteiger partial charge in [-0.25, -0.2) is 9.78 Å². The predicted octanol–water partition coefficient (Wildman–Crippen LogP) is 2.38. The Balaban J connectivity index is 1.64. The second-order valence-electron chi connectivity index (χ2n) is 4.96. The average Bonchev–Trinajstić information content (AvgIpc) is 3.16. The molecule has 3 rings (SSSR count). The number of rotatable bonds is 4. The minimum atomic E-state index is -1.05. The first-order valence-corrected chi connectivity index (χ1v) is 8.92. The van der Waals surface area contributed by atoms with E-state index < -0.39 is 12.1 Å². The van der Waals surface area contributed by atoms with E-state index in [1.165, 1.54) is 27.6 Å². The van der Waals surface area contributed by atoms with Gasteiger partial charge in [0.2, 0.25) is 5.91 Å². The van der Waals surface area contributed by atoms with Crippen LogP contribution in [0.15, 0.2) is 17.5 Å². The quantitative estimate of drug-likeness (QED) is 0.891. The molecule has 0 aliphatic carbocycles. The van der Waals surface area contributed by atoms with Crippen LogP contribution >= 0.6 is 34.3 Å². The molecule has 2 aromatic heterocycles. The van der Waals surface area contributed by atoms with Crippen LogP contribution in [0.5, 0.6) is 0 Å². The highest BCUT2D eigenvalue weighted by molar-refractivity contribution is 7.23. The fraction of sp³-hybridized carbons (Fsp3) is 0.357. The van der Waals surface area contributed by atoms with E-state index in [1.807, 2.05) is 17.5 Å². The zero-order valence-electron chi connectivity index (χ0n) is 11.9. The number of carbonyl (C=O) groups excluding carboxylic acids is 1. The molecule has 0 unspecified atom stereocenters. The molecular formula is C14H13ClN2O4S2. The molecule has 9 heteroatoms. The van der Waals surface area contributed by atoms with E-state index in [9.17, 15) is 9.59 Å². The molecule has 1 atom stereocenters. The summed E-state index contributed by atoms with van der Waals surface area (Å²) in [5.74, 6) is -1.19. The number of hydrogen-bond acceptors (Lipinski definition) is 6. The topological polar surface area (TPSA) is 79.7 Å². The van der Waals surface area contributed by atoms with Gasteiger partial charge in [0.15, 0.2) is 6.10 Å². The summed E-state index contributed by atoms with van der Waals surface area (Å²) in [6.45, 7) is 0.713. The maximum Gasteiger partial charge on any atom is 0.334 e. The Labute approximate surface area is 145 Å². The van der Waals surface area contributed by atoms with Gasteiger partial charge < -0.3 is 14.7 Å². The number of amides is 1. The zero-order chi connectivity index (χ0) is 16.4. The number of morpholine rings is 1. The molecule has 1 aliphatic rings. The van der Waals surface area contributed by atoms with Crippen molar-refractivity contribution in [3.63, 3.8) is 0 Å². The summed E-state index contributed by atoms with van der Waals surface area (Å²) < 4.78 is 5.81. The molecule has 2 aromatic rings. The number of carboxylic acids is 1. The van der Waals surface area contributed by atoms with Gasteiger partial charge >= 0.3 is 5.97 Å². The van der Waals surface area contributed by atoms with E-state index in [2.05, 4.69) is 4.98 Å². The first-order valence-electron chi connectivity index (χ1n) is 6.85. The molecule has 0 radical (unpaired) electrons. The number of hydrogen-bond donors (Lipinski definition) is 1. The number of nitrogens with zero attached hydrogens (tertiary/aromatic N) is 2. The number of aromatic nitrogens is 1. The smallest absolute Gasteiger partial charge is 0.334 e. The van der Waals surface area contributed by atoms with E-state index in [1.54, 1.807) is 0 Å². The van der Waals surface area contributed by atoms with Gasteiger partial charge in [-0.3, -0.25) is 4.79 Å². The second kappa shape index (κ2) is 6.96. The number of halogens is 1. The van der Waals surface area contributed by atoms with E-state index in [0.29, 0.717) is 16.6 Å². The van der Waals surface area contributed by atoms with Gasteiger partial charge in [0, 0.05) is 11.9 Å². The van der Waals surface area contributed by atoms with Crippen molar-refractivity contribution in [1.29, 1.82) is 0 Å². The molecule has 6 nitrogen and oxygen atoms in total. The average molecular weight is 373 g/mol. The van der Waals surface area contributed by atoms with Crippen LogP contribution < -0.4 is 0 Å². The molecule has 1 aliphatic heterocycles. The Morgan fingerprint density at radius 3 is 3.00 bits per heavy atom. The Bertz CT molecular complexity index is 730. The Morgan fingerprint density at radius 1 is 1.48 bits per heavy atom. The highest BCUT2D eigenvalue weighted by atomic mass is 35.5. The highest BCUT2D eigenvalue weighted by Gasteiger charge is 2.29. The van der Waals surface area contributed by atoms with Gasteiger partial charge in [-0.15, -0.1) is 22.7 Å². The van der Waals surface area contributed by atoms with Crippen molar-refractivity contribution in [3.8, 4) is 9.88 Å². The lowest BCUT2D eigenvalue weighted by Gasteiger charge is -2.30. The number of ether oxygens (including phenoxy) is 1. The van der Waals surface area contributed by atoms with Crippen LogP contribution in [-0.2, 0) is 20.7 Å². The summed E-state index contributed by atoms with van der Waals surface area (Å²) >= 11 is 8.82. The monoisotopic (exact) mass is 372 g/mol. The first-order chi connectivity index (χ1) is 11.0. The molecule has 1 saturated heterocycles. The van der Waals surface area contributed by atoms with Gasteiger partial charge in [-0.05, 0) is 12.1 Å². The lowest BCUT2D eigenvalue weighted by molar-refractivity contribution is -0.159. The maximum atomic E-state index is 12.3. The lowest BCUT2D eigenvalue weighted by Crippen LogP contribution is -2.49. The number of aliphatic carboxylic acids is 1. The van der Waals surface area contributed by atoms with Crippen molar-refractivity contribution in [1.82, 2.24) is 9.88 Å². The normalized spacial score (nSPS) is 18.1. The molecular weight excluding hydrogens is 360 g/mol. The molecule has 0 spiro atoms. The van der Waals surface area contributed by atoms with Gasteiger partial charge in [-0.1, -0.05) is 11.6 Å². The molecule has 0 bridgehead atoms. The molecule has 0 saturated carbocycles. The van der Waals surface area contributed by atoms with Crippen molar-refractivity contribution in [3.05, 3.63) is 27.5 Å². The van der Waals surface area contributed by atoms with Gasteiger partial charge in [0.05, 0.1) is 34.5 Å². The number of carbonyl (C=O) groups is 2. The summed E-state index contributed by atoms with van der Waals surface area (Å²) in [5, 5.41) is 11.6. The Kier molecular flexibility index (Phi) is 4.96. The van der Waals surface area contributed by atoms with Crippen molar-refractivity contribution in [2.75, 3.05) is 19.7 Å². The van der Waals surface area contributed by atoms with Crippen molar-refractivity contribution in [2.45, 2.75) is 12.5 Å². The third-order valence-corrected chi connectivity index (χ3v) is 5.65. The number of thiophene rings is 1. The van der Waals surface area contributed by atoms with E-state index in [4.69, 9.17) is 21.4 Å². The van der Waals surface area contributed by atoms with Crippen LogP contribution in [0.1, 0.15) is 5.69 Å². The molecule has 1 amide bonds. The maximum absolute atomic E-state index is 12.3. The SMILES string of the molecule is O=C(O)[C@@H]1CN(C(=O)Cc2csc(-c3ccc(Cl)s3)n2)CCO1. The Morgan fingerprint density at radius 2 is 2.30 bits per heavy atom. The highest BCUT2D eigenvalue weighted by Crippen LogP contribution is 2.33. The molecule has 0 aromatic carbocycles. The summed E-state index contributed by atoms with van der Waals surface area (Å²) in [4.78, 5) is 30.2. The third-order valence-electron chi connectivity index (χ3n) is 3.36. The summed E-state index contributed by atoms with van der Waals surface area (Å²) in [6.07, 6.45) is -0.797. The minimum Gasteiger partial charge on any atom is -0.479 e. The molecule has 1 fully saturated rings. The lowest BCUT2D eigenvalue weighted by atomic mass is 10.2. The summed E-state index contributed by atoms with van der Waals surface area (Å²) in [7, 11) is 0. The number of thiazole rings is 1. The molecule has 1 N–H and O–H groups in total. The summed E-state index contributed by atoms with van der Waals surface area (Å²) in [5.41, 5.74) is 0.679. The van der Waals surface area contributed by atoms with Crippen molar-refractivity contribution >= 4 is 46.2 Å². The van der Waals surface area contributed by atoms with Crippen molar-refractivity contribution in [2.24, 2.45) is 0 Å². The second-order valence-corrected chi connectivity index (χ2v) is 7.54. The van der Waals surface area contributed by atoms with Gasteiger partial charge in [0.1, 0.15) is 5.01 Å². The van der Waals surface area contributed by atoms with E-state index in [-0.39, 0.29) is 25.5 Å². The van der Waals surface area contributed by atoms with Crippen LogP contribution in [0.4, 0.5) is 0 Å². The minimum absolute atomic E-state index is 0.0751. The molecule has 122 valence electrons. The van der Waals surface area contributed by atoms with Crippen LogP contribution in [-0.4, -0.2) is 52.7 Å². The van der Waals surface area contributed by atoms with Crippen molar-refractivity contribution < 1.29 is 19.4 Å². The van der Waals surface area contributed by atoms with Crippen LogP contribution in [0.2, 0.25) is 4.34 Å². The third kappa shape index (κ3) is 3.89. The van der Waals surface area contributed by atoms with Crippen LogP contribution in [0, 0.1) is 0 Å². The Hall–Kier alpha value is -1.48. The largest absolute Gasteiger partial charge is 0.479 e. The fourth-order valence-electron chi connectivity index (χ4n) is 2.22. The fourth-order valence-corrected chi connectivity index (χ4v) is 4.16. The predicted molar refractivity (Wildman–Crippen MR) is 88.1 cm³/mol. The van der Waals surface area contributed by atoms with Gasteiger partial charge in [-0.2, -0.15) is 0 Å². The van der Waals surface area contributed by atoms with Crippen LogP contribution in [0.3, 0.4) is 0 Å². The van der Waals surface area contributed by atoms with E-state index in [0.717, 1.165) is 9.88 Å². The molecule has 23 heavy (non-hydrogen) atoms. The zero-order valence-corrected chi connectivity index (χ0v) is 14.3. The molecule has 3 heterocycles.